The van der Waals surface area contributed by atoms with Crippen LogP contribution < -0.4 is 14.4 Å². The second-order valence-electron chi connectivity index (χ2n) is 8.14. The first kappa shape index (κ1) is 22.6. The van der Waals surface area contributed by atoms with Crippen LogP contribution in [0.2, 0.25) is 0 Å². The van der Waals surface area contributed by atoms with E-state index in [2.05, 4.69) is 46.3 Å². The van der Waals surface area contributed by atoms with Gasteiger partial charge in [0.25, 0.3) is 5.91 Å². The molecule has 0 N–H and O–H groups in total. The molecule has 0 spiro atoms. The number of hydrogen-bond acceptors (Lipinski definition) is 6. The van der Waals surface area contributed by atoms with E-state index >= 15 is 0 Å². The lowest BCUT2D eigenvalue weighted by molar-refractivity contribution is -0.133. The Bertz CT molecular complexity index is 1080. The minimum absolute atomic E-state index is 0.00918. The first-order valence-electron chi connectivity index (χ1n) is 11.3. The highest BCUT2D eigenvalue weighted by Crippen LogP contribution is 2.28. The van der Waals surface area contributed by atoms with E-state index in [1.54, 1.807) is 7.11 Å². The molecule has 0 aliphatic carbocycles. The van der Waals surface area contributed by atoms with Gasteiger partial charge in [-0.1, -0.05) is 37.3 Å². The van der Waals surface area contributed by atoms with Gasteiger partial charge in [0, 0.05) is 31.7 Å². The molecule has 4 rings (SSSR count). The maximum absolute atomic E-state index is 12.6. The molecule has 1 aliphatic rings. The summed E-state index contributed by atoms with van der Waals surface area (Å²) in [6, 6.07) is 18.1. The minimum Gasteiger partial charge on any atom is -0.493 e. The Hall–Kier alpha value is -3.61. The summed E-state index contributed by atoms with van der Waals surface area (Å²) < 4.78 is 11.1. The maximum Gasteiger partial charge on any atom is 0.260 e. The van der Waals surface area contributed by atoms with Gasteiger partial charge >= 0.3 is 0 Å². The molecule has 0 radical (unpaired) electrons. The summed E-state index contributed by atoms with van der Waals surface area (Å²) in [5.74, 6) is 2.01. The number of piperazine rings is 1. The first-order valence-corrected chi connectivity index (χ1v) is 11.3. The molecule has 1 aromatic heterocycles. The third-order valence-electron chi connectivity index (χ3n) is 5.94. The molecule has 1 aliphatic heterocycles. The zero-order valence-electron chi connectivity index (χ0n) is 19.5. The third-order valence-corrected chi connectivity index (χ3v) is 5.94. The van der Waals surface area contributed by atoms with Crippen molar-refractivity contribution in [1.29, 1.82) is 0 Å². The van der Waals surface area contributed by atoms with Gasteiger partial charge in [0.2, 0.25) is 0 Å². The maximum atomic E-state index is 12.6. The van der Waals surface area contributed by atoms with Crippen LogP contribution in [0, 0.1) is 6.92 Å². The van der Waals surface area contributed by atoms with E-state index < -0.39 is 0 Å². The van der Waals surface area contributed by atoms with Gasteiger partial charge in [-0.05, 0) is 48.7 Å². The van der Waals surface area contributed by atoms with Crippen molar-refractivity contribution in [1.82, 2.24) is 15.1 Å². The van der Waals surface area contributed by atoms with Crippen LogP contribution in [0.3, 0.4) is 0 Å². The Morgan fingerprint density at radius 2 is 1.70 bits per heavy atom. The number of anilines is 1. The van der Waals surface area contributed by atoms with Gasteiger partial charge in [0.15, 0.2) is 23.9 Å². The van der Waals surface area contributed by atoms with Crippen LogP contribution in [0.4, 0.5) is 5.82 Å². The average molecular weight is 447 g/mol. The number of benzene rings is 2. The average Bonchev–Trinajstić information content (AvgIpc) is 2.88. The molecule has 0 bridgehead atoms. The van der Waals surface area contributed by atoms with E-state index in [9.17, 15) is 4.79 Å². The number of rotatable bonds is 7. The number of carbonyl (C=O) groups excluding carboxylic acids is 1. The van der Waals surface area contributed by atoms with E-state index in [1.807, 2.05) is 42.2 Å². The predicted octanol–water partition coefficient (Wildman–Crippen LogP) is 3.75. The molecule has 7 nitrogen and oxygen atoms in total. The van der Waals surface area contributed by atoms with Crippen molar-refractivity contribution < 1.29 is 14.3 Å². The molecule has 3 aromatic rings. The number of carbonyl (C=O) groups is 1. The standard InChI is InChI=1S/C26H30N4O3/c1-4-20-6-8-21(9-7-20)22-10-12-25(28-27-22)29-13-15-30(16-14-29)26(31)18-33-23-11-5-19(2)17-24(23)32-3/h5-12,17H,4,13-16,18H2,1-3H3. The van der Waals surface area contributed by atoms with E-state index in [0.717, 1.165) is 29.1 Å². The molecular formula is C26H30N4O3. The molecule has 7 heteroatoms. The number of ether oxygens (including phenoxy) is 2. The highest BCUT2D eigenvalue weighted by Gasteiger charge is 2.23. The number of nitrogens with zero attached hydrogens (tertiary/aromatic N) is 4. The van der Waals surface area contributed by atoms with Crippen LogP contribution in [0.25, 0.3) is 11.3 Å². The molecule has 0 unspecified atom stereocenters. The van der Waals surface area contributed by atoms with Crippen molar-refractivity contribution in [3.63, 3.8) is 0 Å². The summed E-state index contributed by atoms with van der Waals surface area (Å²) in [6.07, 6.45) is 1.02. The second-order valence-corrected chi connectivity index (χ2v) is 8.14. The molecule has 2 aromatic carbocycles. The Morgan fingerprint density at radius 3 is 2.33 bits per heavy atom. The van der Waals surface area contributed by atoms with Crippen molar-refractivity contribution in [2.24, 2.45) is 0 Å². The lowest BCUT2D eigenvalue weighted by atomic mass is 10.1. The topological polar surface area (TPSA) is 67.8 Å². The molecule has 2 heterocycles. The fraction of sp³-hybridized carbons (Fsp3) is 0.346. The quantitative estimate of drug-likeness (QED) is 0.551. The fourth-order valence-corrected chi connectivity index (χ4v) is 3.87. The fourth-order valence-electron chi connectivity index (χ4n) is 3.87. The highest BCUT2D eigenvalue weighted by molar-refractivity contribution is 5.78. The molecular weight excluding hydrogens is 416 g/mol. The van der Waals surface area contributed by atoms with E-state index in [4.69, 9.17) is 9.47 Å². The van der Waals surface area contributed by atoms with Gasteiger partial charge in [0.05, 0.1) is 12.8 Å². The first-order chi connectivity index (χ1) is 16.1. The SMILES string of the molecule is CCc1ccc(-c2ccc(N3CCN(C(=O)COc4ccc(C)cc4OC)CC3)nn2)cc1. The minimum atomic E-state index is -0.0331. The molecule has 1 fully saturated rings. The summed E-state index contributed by atoms with van der Waals surface area (Å²) in [5.41, 5.74) is 4.30. The lowest BCUT2D eigenvalue weighted by Crippen LogP contribution is -2.50. The Labute approximate surface area is 195 Å². The smallest absolute Gasteiger partial charge is 0.260 e. The van der Waals surface area contributed by atoms with Crippen LogP contribution in [0.5, 0.6) is 11.5 Å². The molecule has 0 saturated carbocycles. The van der Waals surface area contributed by atoms with E-state index in [0.29, 0.717) is 37.7 Å². The Kier molecular flexibility index (Phi) is 7.07. The number of hydrogen-bond donors (Lipinski definition) is 0. The predicted molar refractivity (Wildman–Crippen MR) is 129 cm³/mol. The summed E-state index contributed by atoms with van der Waals surface area (Å²) in [4.78, 5) is 16.6. The summed E-state index contributed by atoms with van der Waals surface area (Å²) in [6.45, 7) is 6.77. The third kappa shape index (κ3) is 5.42. The van der Waals surface area contributed by atoms with Crippen molar-refractivity contribution in [2.75, 3.05) is 44.8 Å². The zero-order chi connectivity index (χ0) is 23.2. The van der Waals surface area contributed by atoms with Crippen LogP contribution >= 0.6 is 0 Å². The van der Waals surface area contributed by atoms with Gasteiger partial charge in [-0.3, -0.25) is 4.79 Å². The summed E-state index contributed by atoms with van der Waals surface area (Å²) >= 11 is 0. The summed E-state index contributed by atoms with van der Waals surface area (Å²) in [7, 11) is 1.60. The molecule has 0 atom stereocenters. The molecule has 33 heavy (non-hydrogen) atoms. The largest absolute Gasteiger partial charge is 0.493 e. The van der Waals surface area contributed by atoms with Gasteiger partial charge < -0.3 is 19.3 Å². The second kappa shape index (κ2) is 10.3. The van der Waals surface area contributed by atoms with Gasteiger partial charge in [0.1, 0.15) is 0 Å². The lowest BCUT2D eigenvalue weighted by Gasteiger charge is -2.35. The normalized spacial score (nSPS) is 13.7. The van der Waals surface area contributed by atoms with Crippen LogP contribution in [-0.4, -0.2) is 60.9 Å². The zero-order valence-corrected chi connectivity index (χ0v) is 19.5. The van der Waals surface area contributed by atoms with Gasteiger partial charge in [-0.25, -0.2) is 0 Å². The Balaban J connectivity index is 1.29. The number of amides is 1. The Morgan fingerprint density at radius 1 is 0.939 bits per heavy atom. The number of aromatic nitrogens is 2. The van der Waals surface area contributed by atoms with Crippen LogP contribution in [0.15, 0.2) is 54.6 Å². The van der Waals surface area contributed by atoms with Crippen LogP contribution in [0.1, 0.15) is 18.1 Å². The number of methoxy groups -OCH3 is 1. The van der Waals surface area contributed by atoms with Crippen LogP contribution in [-0.2, 0) is 11.2 Å². The molecule has 1 saturated heterocycles. The van der Waals surface area contributed by atoms with Crippen molar-refractivity contribution >= 4 is 11.7 Å². The monoisotopic (exact) mass is 446 g/mol. The molecule has 172 valence electrons. The van der Waals surface area contributed by atoms with Gasteiger partial charge in [-0.2, -0.15) is 0 Å². The highest BCUT2D eigenvalue weighted by atomic mass is 16.5. The van der Waals surface area contributed by atoms with Crippen molar-refractivity contribution in [3.05, 3.63) is 65.7 Å². The van der Waals surface area contributed by atoms with E-state index in [-0.39, 0.29) is 12.5 Å². The van der Waals surface area contributed by atoms with Crippen molar-refractivity contribution in [2.45, 2.75) is 20.3 Å². The van der Waals surface area contributed by atoms with Gasteiger partial charge in [-0.15, -0.1) is 10.2 Å². The van der Waals surface area contributed by atoms with E-state index in [1.165, 1.54) is 5.56 Å². The number of aryl methyl sites for hydroxylation is 2. The summed E-state index contributed by atoms with van der Waals surface area (Å²) in [5, 5.41) is 8.84. The van der Waals surface area contributed by atoms with Crippen molar-refractivity contribution in [3.8, 4) is 22.8 Å². The molecule has 1 amide bonds.